The summed E-state index contributed by atoms with van der Waals surface area (Å²) in [5.41, 5.74) is 0.843. The molecule has 2 aromatic heterocycles. The normalized spacial score (nSPS) is 16.3. The van der Waals surface area contributed by atoms with E-state index in [1.165, 1.54) is 11.1 Å². The molecule has 3 N–H and O–H groups in total. The summed E-state index contributed by atoms with van der Waals surface area (Å²) in [4.78, 5) is 20.2. The van der Waals surface area contributed by atoms with Crippen LogP contribution in [0.5, 0.6) is 0 Å². The number of hydrogen-bond acceptors (Lipinski definition) is 6. The first-order valence-electron chi connectivity index (χ1n) is 10.3. The van der Waals surface area contributed by atoms with Crippen LogP contribution < -0.4 is 16.0 Å². The van der Waals surface area contributed by atoms with Gasteiger partial charge in [0.2, 0.25) is 0 Å². The number of guanidine groups is 1. The average Bonchev–Trinajstić information content (AvgIpc) is 3.45. The van der Waals surface area contributed by atoms with E-state index in [0.717, 1.165) is 50.8 Å². The van der Waals surface area contributed by atoms with E-state index in [-0.39, 0.29) is 5.91 Å². The Balaban J connectivity index is 1.40. The number of hydrogen-bond donors (Lipinski definition) is 3. The number of thiophene rings is 1. The van der Waals surface area contributed by atoms with E-state index in [1.807, 2.05) is 6.92 Å². The number of nitrogens with zero attached hydrogens (tertiary/aromatic N) is 2. The topological polar surface area (TPSA) is 91.1 Å². The van der Waals surface area contributed by atoms with Crippen LogP contribution in [0.1, 0.15) is 33.5 Å². The van der Waals surface area contributed by atoms with Gasteiger partial charge in [0.15, 0.2) is 11.7 Å². The Kier molecular flexibility index (Phi) is 8.73. The van der Waals surface area contributed by atoms with Crippen LogP contribution in [-0.4, -0.2) is 69.8 Å². The minimum absolute atomic E-state index is 0.177. The predicted molar refractivity (Wildman–Crippen MR) is 119 cm³/mol. The van der Waals surface area contributed by atoms with Gasteiger partial charge in [0.25, 0.3) is 5.91 Å². The second kappa shape index (κ2) is 11.7. The first-order chi connectivity index (χ1) is 14.7. The Morgan fingerprint density at radius 2 is 2.03 bits per heavy atom. The van der Waals surface area contributed by atoms with E-state index >= 15 is 0 Å². The number of aliphatic imine (C=N–C) groups is 1. The molecule has 9 heteroatoms. The standard InChI is InChI=1S/C21H31N5O3S/c1-16-6-11-29-19(16)20(27)23-7-4-8-24-21(22-2)25-15-17(18-5-3-14-30-18)26-9-12-28-13-10-26/h3,5-6,11,14,17H,4,7-10,12-13,15H2,1-2H3,(H,23,27)(H2,22,24,25). The SMILES string of the molecule is CN=C(NCCCNC(=O)c1occc1C)NCC(c1cccs1)N1CCOCC1. The highest BCUT2D eigenvalue weighted by Crippen LogP contribution is 2.25. The zero-order valence-electron chi connectivity index (χ0n) is 17.6. The maximum absolute atomic E-state index is 12.0. The van der Waals surface area contributed by atoms with Crippen LogP contribution in [0.3, 0.4) is 0 Å². The summed E-state index contributed by atoms with van der Waals surface area (Å²) in [6.07, 6.45) is 2.31. The van der Waals surface area contributed by atoms with Crippen molar-refractivity contribution in [2.75, 3.05) is 53.0 Å². The Hall–Kier alpha value is -2.36. The fourth-order valence-electron chi connectivity index (χ4n) is 3.38. The monoisotopic (exact) mass is 433 g/mol. The Bertz CT molecular complexity index is 799. The van der Waals surface area contributed by atoms with E-state index in [9.17, 15) is 4.79 Å². The lowest BCUT2D eigenvalue weighted by Gasteiger charge is -2.34. The van der Waals surface area contributed by atoms with Crippen LogP contribution in [0.2, 0.25) is 0 Å². The number of nitrogens with one attached hydrogen (secondary N) is 3. The lowest BCUT2D eigenvalue weighted by molar-refractivity contribution is 0.0177. The van der Waals surface area contributed by atoms with Crippen molar-refractivity contribution in [3.05, 3.63) is 46.0 Å². The van der Waals surface area contributed by atoms with Crippen molar-refractivity contribution < 1.29 is 13.9 Å². The van der Waals surface area contributed by atoms with Gasteiger partial charge in [0.1, 0.15) is 0 Å². The van der Waals surface area contributed by atoms with Gasteiger partial charge in [-0.05, 0) is 30.9 Å². The number of furan rings is 1. The Labute approximate surface area is 181 Å². The molecule has 1 aliphatic rings. The number of ether oxygens (including phenoxy) is 1. The molecule has 1 aliphatic heterocycles. The van der Waals surface area contributed by atoms with E-state index in [1.54, 1.807) is 24.5 Å². The third-order valence-electron chi connectivity index (χ3n) is 5.04. The van der Waals surface area contributed by atoms with E-state index in [2.05, 4.69) is 43.4 Å². The van der Waals surface area contributed by atoms with Crippen LogP contribution in [-0.2, 0) is 4.74 Å². The Morgan fingerprint density at radius 1 is 1.23 bits per heavy atom. The predicted octanol–water partition coefficient (Wildman–Crippen LogP) is 2.01. The lowest BCUT2D eigenvalue weighted by Crippen LogP contribution is -2.46. The van der Waals surface area contributed by atoms with Crippen LogP contribution in [0.15, 0.2) is 39.3 Å². The first kappa shape index (κ1) is 22.3. The maximum Gasteiger partial charge on any atom is 0.287 e. The van der Waals surface area contributed by atoms with Gasteiger partial charge in [-0.3, -0.25) is 14.7 Å². The third-order valence-corrected chi connectivity index (χ3v) is 6.02. The number of rotatable bonds is 9. The molecule has 0 saturated carbocycles. The molecule has 1 amide bonds. The highest BCUT2D eigenvalue weighted by molar-refractivity contribution is 7.10. The molecule has 1 unspecified atom stereocenters. The van der Waals surface area contributed by atoms with Crippen LogP contribution in [0.4, 0.5) is 0 Å². The van der Waals surface area contributed by atoms with Crippen LogP contribution >= 0.6 is 11.3 Å². The van der Waals surface area contributed by atoms with Crippen molar-refractivity contribution in [3.8, 4) is 0 Å². The zero-order chi connectivity index (χ0) is 21.2. The largest absolute Gasteiger partial charge is 0.459 e. The highest BCUT2D eigenvalue weighted by atomic mass is 32.1. The van der Waals surface area contributed by atoms with Gasteiger partial charge in [-0.25, -0.2) is 0 Å². The van der Waals surface area contributed by atoms with Crippen molar-refractivity contribution in [2.24, 2.45) is 4.99 Å². The number of amides is 1. The van der Waals surface area contributed by atoms with E-state index < -0.39 is 0 Å². The molecule has 30 heavy (non-hydrogen) atoms. The summed E-state index contributed by atoms with van der Waals surface area (Å²) in [6, 6.07) is 6.36. The summed E-state index contributed by atoms with van der Waals surface area (Å²) in [5, 5.41) is 11.8. The van der Waals surface area contributed by atoms with Crippen molar-refractivity contribution in [1.29, 1.82) is 0 Å². The molecule has 0 radical (unpaired) electrons. The van der Waals surface area contributed by atoms with Crippen molar-refractivity contribution in [1.82, 2.24) is 20.9 Å². The third kappa shape index (κ3) is 6.32. The molecule has 0 spiro atoms. The lowest BCUT2D eigenvalue weighted by atomic mass is 10.2. The van der Waals surface area contributed by atoms with Gasteiger partial charge in [-0.2, -0.15) is 0 Å². The molecule has 1 fully saturated rings. The number of carbonyl (C=O) groups excluding carboxylic acids is 1. The van der Waals surface area contributed by atoms with Gasteiger partial charge in [-0.1, -0.05) is 6.07 Å². The van der Waals surface area contributed by atoms with Crippen molar-refractivity contribution >= 4 is 23.2 Å². The maximum atomic E-state index is 12.0. The summed E-state index contributed by atoms with van der Waals surface area (Å²) >= 11 is 1.78. The molecule has 3 rings (SSSR count). The molecular formula is C21H31N5O3S. The van der Waals surface area contributed by atoms with Crippen molar-refractivity contribution in [2.45, 2.75) is 19.4 Å². The molecule has 0 aromatic carbocycles. The highest BCUT2D eigenvalue weighted by Gasteiger charge is 2.23. The number of carbonyl (C=O) groups is 1. The minimum Gasteiger partial charge on any atom is -0.459 e. The fourth-order valence-corrected chi connectivity index (χ4v) is 4.24. The van der Waals surface area contributed by atoms with Gasteiger partial charge in [0, 0.05) is 50.2 Å². The molecule has 1 atom stereocenters. The summed E-state index contributed by atoms with van der Waals surface area (Å²) in [7, 11) is 1.77. The molecule has 164 valence electrons. The fraction of sp³-hybridized carbons (Fsp3) is 0.524. The summed E-state index contributed by atoms with van der Waals surface area (Å²) < 4.78 is 10.7. The summed E-state index contributed by atoms with van der Waals surface area (Å²) in [5.74, 6) is 0.963. The molecule has 8 nitrogen and oxygen atoms in total. The number of morpholine rings is 1. The van der Waals surface area contributed by atoms with E-state index in [4.69, 9.17) is 9.15 Å². The van der Waals surface area contributed by atoms with Gasteiger partial charge in [-0.15, -0.1) is 11.3 Å². The molecule has 0 bridgehead atoms. The molecule has 3 heterocycles. The molecule has 1 saturated heterocycles. The first-order valence-corrected chi connectivity index (χ1v) is 11.2. The summed E-state index contributed by atoms with van der Waals surface area (Å²) in [6.45, 7) is 7.32. The molecule has 0 aliphatic carbocycles. The quantitative estimate of drug-likeness (QED) is 0.318. The number of aryl methyl sites for hydroxylation is 1. The van der Waals surface area contributed by atoms with Crippen molar-refractivity contribution in [3.63, 3.8) is 0 Å². The smallest absolute Gasteiger partial charge is 0.287 e. The molecule has 2 aromatic rings. The Morgan fingerprint density at radius 3 is 2.70 bits per heavy atom. The minimum atomic E-state index is -0.177. The van der Waals surface area contributed by atoms with E-state index in [0.29, 0.717) is 24.9 Å². The molecular weight excluding hydrogens is 402 g/mol. The second-order valence-corrected chi connectivity index (χ2v) is 8.08. The van der Waals surface area contributed by atoms with Gasteiger partial charge >= 0.3 is 0 Å². The van der Waals surface area contributed by atoms with Gasteiger partial charge < -0.3 is 25.1 Å². The van der Waals surface area contributed by atoms with Crippen LogP contribution in [0, 0.1) is 6.92 Å². The van der Waals surface area contributed by atoms with Gasteiger partial charge in [0.05, 0.1) is 25.5 Å². The average molecular weight is 434 g/mol. The second-order valence-electron chi connectivity index (χ2n) is 7.10. The van der Waals surface area contributed by atoms with Crippen LogP contribution in [0.25, 0.3) is 0 Å². The zero-order valence-corrected chi connectivity index (χ0v) is 18.5.